The lowest BCUT2D eigenvalue weighted by Crippen LogP contribution is -2.38. The van der Waals surface area contributed by atoms with Crippen LogP contribution in [0.1, 0.15) is 38.8 Å². The molecule has 118 valence electrons. The normalized spacial score (nSPS) is 11.4. The molecule has 0 N–H and O–H groups in total. The summed E-state index contributed by atoms with van der Waals surface area (Å²) in [6, 6.07) is 6.61. The van der Waals surface area contributed by atoms with Crippen LogP contribution in [0.15, 0.2) is 18.2 Å². The van der Waals surface area contributed by atoms with Crippen molar-refractivity contribution >= 4 is 18.6 Å². The lowest BCUT2D eigenvalue weighted by atomic mass is 10.1. The van der Waals surface area contributed by atoms with Gasteiger partial charge in [0.05, 0.1) is 13.2 Å². The van der Waals surface area contributed by atoms with Gasteiger partial charge in [0.2, 0.25) is 0 Å². The molecule has 0 amide bonds. The first-order valence-corrected chi connectivity index (χ1v) is 10.3. The van der Waals surface area contributed by atoms with Gasteiger partial charge >= 0.3 is 14.1 Å². The van der Waals surface area contributed by atoms with Gasteiger partial charge in [0.1, 0.15) is 0 Å². The Kier molecular flexibility index (Phi) is 8.59. The molecule has 0 aromatic heterocycles. The van der Waals surface area contributed by atoms with Crippen LogP contribution in [0.25, 0.3) is 0 Å². The largest absolute Gasteiger partial charge is 0.380 e. The van der Waals surface area contributed by atoms with Crippen LogP contribution in [0.2, 0.25) is 10.6 Å². The van der Waals surface area contributed by atoms with Crippen molar-refractivity contribution in [3.63, 3.8) is 0 Å². The smallest absolute Gasteiger partial charge is 0.307 e. The van der Waals surface area contributed by atoms with Gasteiger partial charge < -0.3 is 9.47 Å². The summed E-state index contributed by atoms with van der Waals surface area (Å²) >= 11 is -1.01. The number of hydrogen-bond donors (Lipinski definition) is 0. The van der Waals surface area contributed by atoms with Crippen molar-refractivity contribution in [1.29, 1.82) is 0 Å². The van der Waals surface area contributed by atoms with Gasteiger partial charge in [0, 0.05) is 14.2 Å². The number of ether oxygens (including phenoxy) is 2. The van der Waals surface area contributed by atoms with E-state index in [1.54, 1.807) is 18.6 Å². The maximum absolute atomic E-state index is 5.44. The molecule has 0 aliphatic carbocycles. The average Bonchev–Trinajstić information content (AvgIpc) is 2.38. The third kappa shape index (κ3) is 6.12. The molecule has 0 aliphatic rings. The Labute approximate surface area is 135 Å². The fourth-order valence-corrected chi connectivity index (χ4v) is 7.57. The Morgan fingerprint density at radius 2 is 1.29 bits per heavy atom. The molecule has 2 nitrogen and oxygen atoms in total. The second-order valence-electron chi connectivity index (χ2n) is 6.81. The van der Waals surface area contributed by atoms with Crippen molar-refractivity contribution in [2.24, 2.45) is 11.8 Å². The van der Waals surface area contributed by atoms with Gasteiger partial charge in [-0.05, 0) is 11.1 Å². The zero-order chi connectivity index (χ0) is 15.8. The van der Waals surface area contributed by atoms with E-state index in [0.29, 0.717) is 13.2 Å². The van der Waals surface area contributed by atoms with Crippen molar-refractivity contribution in [1.82, 2.24) is 0 Å². The van der Waals surface area contributed by atoms with Crippen LogP contribution in [-0.2, 0) is 22.7 Å². The third-order valence-corrected chi connectivity index (χ3v) is 8.39. The molecule has 0 saturated carbocycles. The Hall–Kier alpha value is -0.328. The van der Waals surface area contributed by atoms with Gasteiger partial charge in [-0.1, -0.05) is 72.7 Å². The zero-order valence-corrected chi connectivity index (χ0v) is 15.8. The summed E-state index contributed by atoms with van der Waals surface area (Å²) in [7, 11) is 3.57. The van der Waals surface area contributed by atoms with Crippen molar-refractivity contribution < 1.29 is 9.47 Å². The van der Waals surface area contributed by atoms with Crippen molar-refractivity contribution in [3.8, 4) is 0 Å². The van der Waals surface area contributed by atoms with E-state index in [2.05, 4.69) is 45.9 Å². The van der Waals surface area contributed by atoms with Crippen LogP contribution in [0.3, 0.4) is 0 Å². The van der Waals surface area contributed by atoms with E-state index in [1.165, 1.54) is 21.7 Å². The molecular weight excluding hydrogens is 275 g/mol. The Morgan fingerprint density at radius 3 is 1.62 bits per heavy atom. The molecule has 0 heterocycles. The first-order chi connectivity index (χ1) is 9.99. The highest BCUT2D eigenvalue weighted by molar-refractivity contribution is 6.74. The predicted octanol–water partition coefficient (Wildman–Crippen LogP) is 3.99. The minimum atomic E-state index is -1.01. The van der Waals surface area contributed by atoms with E-state index in [0.717, 1.165) is 11.8 Å². The molecule has 1 rings (SSSR count). The molecule has 3 heteroatoms. The third-order valence-electron chi connectivity index (χ3n) is 3.81. The van der Waals surface area contributed by atoms with Crippen LogP contribution in [0, 0.1) is 11.8 Å². The topological polar surface area (TPSA) is 18.5 Å². The number of rotatable bonds is 9. The fraction of sp³-hybridized carbons (Fsp3) is 0.667. The SMILES string of the molecule is COCc1cccc(COC)[c]1[Al]([CH2]C(C)C)[CH2]C(C)C. The Bertz CT molecular complexity index is 381. The zero-order valence-electron chi connectivity index (χ0n) is 14.6. The molecule has 0 spiro atoms. The molecule has 0 bridgehead atoms. The first-order valence-electron chi connectivity index (χ1n) is 8.08. The second kappa shape index (κ2) is 9.64. The fourth-order valence-electron chi connectivity index (χ4n) is 3.22. The molecule has 21 heavy (non-hydrogen) atoms. The molecule has 0 unspecified atom stereocenters. The van der Waals surface area contributed by atoms with Gasteiger partial charge in [0.25, 0.3) is 0 Å². The summed E-state index contributed by atoms with van der Waals surface area (Å²) in [5.74, 6) is 1.51. The minimum Gasteiger partial charge on any atom is -0.380 e. The first kappa shape index (κ1) is 18.7. The molecule has 0 fully saturated rings. The summed E-state index contributed by atoms with van der Waals surface area (Å²) in [6.07, 6.45) is 0. The molecule has 0 saturated heterocycles. The minimum absolute atomic E-state index is 0.715. The highest BCUT2D eigenvalue weighted by Crippen LogP contribution is 2.19. The van der Waals surface area contributed by atoms with Crippen LogP contribution >= 0.6 is 0 Å². The highest BCUT2D eigenvalue weighted by Gasteiger charge is 2.27. The molecular formula is C18H31AlO2. The monoisotopic (exact) mass is 306 g/mol. The van der Waals surface area contributed by atoms with E-state index >= 15 is 0 Å². The Morgan fingerprint density at radius 1 is 0.857 bits per heavy atom. The summed E-state index contributed by atoms with van der Waals surface area (Å²) in [6.45, 7) is 10.8. The van der Waals surface area contributed by atoms with E-state index in [1.807, 2.05) is 0 Å². The molecule has 1 aromatic rings. The van der Waals surface area contributed by atoms with Gasteiger partial charge in [0.15, 0.2) is 0 Å². The summed E-state index contributed by atoms with van der Waals surface area (Å²) in [5, 5.41) is 2.71. The van der Waals surface area contributed by atoms with Gasteiger partial charge in [-0.25, -0.2) is 0 Å². The average molecular weight is 306 g/mol. The summed E-state index contributed by atoms with van der Waals surface area (Å²) < 4.78 is 12.5. The highest BCUT2D eigenvalue weighted by atomic mass is 27.2. The standard InChI is InChI=1S/C10H13O2.2C4H9.Al/c1-11-7-9-4-3-5-10(6-9)8-12-2;2*1-4(2)3;/h3-5H,7-8H2,1-2H3;2*4H,1H2,2-3H3;. The quantitative estimate of drug-likeness (QED) is 0.642. The van der Waals surface area contributed by atoms with E-state index in [-0.39, 0.29) is 0 Å². The Balaban J connectivity index is 3.22. The lowest BCUT2D eigenvalue weighted by Gasteiger charge is -2.23. The van der Waals surface area contributed by atoms with Gasteiger partial charge in [-0.15, -0.1) is 0 Å². The lowest BCUT2D eigenvalue weighted by molar-refractivity contribution is 0.181. The second-order valence-corrected chi connectivity index (χ2v) is 9.73. The van der Waals surface area contributed by atoms with Crippen LogP contribution in [0.4, 0.5) is 0 Å². The van der Waals surface area contributed by atoms with E-state index < -0.39 is 14.1 Å². The van der Waals surface area contributed by atoms with Crippen LogP contribution in [0.5, 0.6) is 0 Å². The molecule has 0 atom stereocenters. The number of methoxy groups -OCH3 is 2. The maximum atomic E-state index is 5.44. The maximum Gasteiger partial charge on any atom is 0.307 e. The van der Waals surface area contributed by atoms with E-state index in [9.17, 15) is 0 Å². The summed E-state index contributed by atoms with van der Waals surface area (Å²) in [4.78, 5) is 0. The van der Waals surface area contributed by atoms with Crippen molar-refractivity contribution in [2.75, 3.05) is 14.2 Å². The molecule has 0 radical (unpaired) electrons. The summed E-state index contributed by atoms with van der Waals surface area (Å²) in [5.41, 5.74) is 2.76. The number of benzene rings is 1. The van der Waals surface area contributed by atoms with Gasteiger partial charge in [-0.3, -0.25) is 0 Å². The van der Waals surface area contributed by atoms with Gasteiger partial charge in [-0.2, -0.15) is 0 Å². The van der Waals surface area contributed by atoms with E-state index in [4.69, 9.17) is 9.47 Å². The van der Waals surface area contributed by atoms with Crippen LogP contribution < -0.4 is 4.43 Å². The van der Waals surface area contributed by atoms with Crippen molar-refractivity contribution in [3.05, 3.63) is 29.3 Å². The predicted molar refractivity (Wildman–Crippen MR) is 92.5 cm³/mol. The van der Waals surface area contributed by atoms with Crippen molar-refractivity contribution in [2.45, 2.75) is 51.5 Å². The van der Waals surface area contributed by atoms with Crippen LogP contribution in [-0.4, -0.2) is 28.4 Å². The number of hydrogen-bond acceptors (Lipinski definition) is 2. The molecule has 1 aromatic carbocycles. The molecule has 0 aliphatic heterocycles.